The lowest BCUT2D eigenvalue weighted by Crippen LogP contribution is -2.23. The maximum atomic E-state index is 12.6. The van der Waals surface area contributed by atoms with Crippen molar-refractivity contribution in [3.8, 4) is 11.5 Å². The van der Waals surface area contributed by atoms with E-state index in [2.05, 4.69) is 20.2 Å². The molecule has 0 aliphatic rings. The van der Waals surface area contributed by atoms with Crippen LogP contribution in [0.3, 0.4) is 0 Å². The van der Waals surface area contributed by atoms with Crippen molar-refractivity contribution in [1.82, 2.24) is 14.9 Å². The van der Waals surface area contributed by atoms with Crippen LogP contribution in [0.1, 0.15) is 22.8 Å². The SMILES string of the molecule is CCOc1cc(CNS(=O)(=O)c2nnc(NC(=O)c3ccccc3Cl)s2)ccc1OC. The van der Waals surface area contributed by atoms with E-state index in [1.54, 1.807) is 42.5 Å². The van der Waals surface area contributed by atoms with Crippen molar-refractivity contribution < 1.29 is 22.7 Å². The second kappa shape index (κ2) is 10.1. The molecule has 3 aromatic rings. The maximum Gasteiger partial charge on any atom is 0.270 e. The molecular weight excluding hydrogens is 464 g/mol. The summed E-state index contributed by atoms with van der Waals surface area (Å²) in [6, 6.07) is 11.6. The Bertz CT molecular complexity index is 1180. The molecule has 0 radical (unpaired) electrons. The van der Waals surface area contributed by atoms with E-state index in [1.807, 2.05) is 6.92 Å². The van der Waals surface area contributed by atoms with Gasteiger partial charge in [-0.05, 0) is 36.8 Å². The van der Waals surface area contributed by atoms with Gasteiger partial charge in [0.05, 0.1) is 24.3 Å². The lowest BCUT2D eigenvalue weighted by atomic mass is 10.2. The van der Waals surface area contributed by atoms with Crippen molar-refractivity contribution in [3.05, 3.63) is 58.6 Å². The van der Waals surface area contributed by atoms with Gasteiger partial charge in [0.1, 0.15) is 0 Å². The summed E-state index contributed by atoms with van der Waals surface area (Å²) in [7, 11) is -2.42. The predicted molar refractivity (Wildman–Crippen MR) is 118 cm³/mol. The summed E-state index contributed by atoms with van der Waals surface area (Å²) in [6.07, 6.45) is 0. The Morgan fingerprint density at radius 1 is 1.16 bits per heavy atom. The highest BCUT2D eigenvalue weighted by Crippen LogP contribution is 2.28. The molecule has 0 fully saturated rings. The molecule has 2 N–H and O–H groups in total. The lowest BCUT2D eigenvalue weighted by Gasteiger charge is -2.11. The Hall–Kier alpha value is -2.73. The van der Waals surface area contributed by atoms with E-state index in [0.717, 1.165) is 11.3 Å². The Balaban J connectivity index is 1.68. The van der Waals surface area contributed by atoms with Gasteiger partial charge in [0.2, 0.25) is 9.47 Å². The molecule has 0 atom stereocenters. The quantitative estimate of drug-likeness (QED) is 0.449. The number of anilines is 1. The number of carbonyl (C=O) groups excluding carboxylic acids is 1. The minimum absolute atomic E-state index is 0.00724. The molecular formula is C19H19ClN4O5S2. The van der Waals surface area contributed by atoms with Crippen molar-refractivity contribution in [2.24, 2.45) is 0 Å². The van der Waals surface area contributed by atoms with Gasteiger partial charge in [-0.15, -0.1) is 10.2 Å². The van der Waals surface area contributed by atoms with E-state index in [-0.39, 0.29) is 26.6 Å². The molecule has 0 aliphatic heterocycles. The molecule has 1 amide bonds. The van der Waals surface area contributed by atoms with E-state index < -0.39 is 15.9 Å². The highest BCUT2D eigenvalue weighted by atomic mass is 35.5. The minimum Gasteiger partial charge on any atom is -0.493 e. The van der Waals surface area contributed by atoms with Gasteiger partial charge in [-0.2, -0.15) is 0 Å². The standard InChI is InChI=1S/C19H19ClN4O5S2/c1-3-29-16-10-12(8-9-15(16)28-2)11-21-31(26,27)19-24-23-18(30-19)22-17(25)13-6-4-5-7-14(13)20/h4-10,21H,3,11H2,1-2H3,(H,22,23,25). The van der Waals surface area contributed by atoms with Crippen LogP contribution in [0.5, 0.6) is 11.5 Å². The molecule has 2 aromatic carbocycles. The van der Waals surface area contributed by atoms with Crippen LogP contribution in [0.25, 0.3) is 0 Å². The molecule has 0 saturated heterocycles. The Labute approximate surface area is 188 Å². The third kappa shape index (κ3) is 5.70. The van der Waals surface area contributed by atoms with Crippen LogP contribution in [0.2, 0.25) is 5.02 Å². The largest absolute Gasteiger partial charge is 0.493 e. The first-order valence-electron chi connectivity index (χ1n) is 9.02. The number of hydrogen-bond acceptors (Lipinski definition) is 8. The predicted octanol–water partition coefficient (Wildman–Crippen LogP) is 3.33. The summed E-state index contributed by atoms with van der Waals surface area (Å²) in [5, 5.41) is 10.2. The highest BCUT2D eigenvalue weighted by Gasteiger charge is 2.21. The van der Waals surface area contributed by atoms with E-state index in [1.165, 1.54) is 7.11 Å². The van der Waals surface area contributed by atoms with Crippen LogP contribution in [0.15, 0.2) is 46.8 Å². The maximum absolute atomic E-state index is 12.6. The number of methoxy groups -OCH3 is 1. The number of aromatic nitrogens is 2. The van der Waals surface area contributed by atoms with Gasteiger partial charge in [-0.25, -0.2) is 13.1 Å². The molecule has 0 saturated carbocycles. The Morgan fingerprint density at radius 3 is 2.65 bits per heavy atom. The van der Waals surface area contributed by atoms with Gasteiger partial charge < -0.3 is 9.47 Å². The van der Waals surface area contributed by atoms with Gasteiger partial charge in [0.25, 0.3) is 15.9 Å². The van der Waals surface area contributed by atoms with Crippen LogP contribution >= 0.6 is 22.9 Å². The molecule has 1 heterocycles. The molecule has 9 nitrogen and oxygen atoms in total. The summed E-state index contributed by atoms with van der Waals surface area (Å²) in [4.78, 5) is 12.3. The molecule has 0 bridgehead atoms. The first kappa shape index (κ1) is 22.9. The van der Waals surface area contributed by atoms with E-state index in [4.69, 9.17) is 21.1 Å². The number of ether oxygens (including phenoxy) is 2. The molecule has 0 spiro atoms. The van der Waals surface area contributed by atoms with Crippen LogP contribution in [0.4, 0.5) is 5.13 Å². The van der Waals surface area contributed by atoms with Crippen LogP contribution in [-0.2, 0) is 16.6 Å². The summed E-state index contributed by atoms with van der Waals surface area (Å²) in [5.74, 6) is 0.555. The van der Waals surface area contributed by atoms with Gasteiger partial charge in [0, 0.05) is 6.54 Å². The fourth-order valence-corrected chi connectivity index (χ4v) is 4.69. The molecule has 31 heavy (non-hydrogen) atoms. The van der Waals surface area contributed by atoms with E-state index in [0.29, 0.717) is 23.7 Å². The average molecular weight is 483 g/mol. The fraction of sp³-hybridized carbons (Fsp3) is 0.211. The number of halogens is 1. The zero-order valence-electron chi connectivity index (χ0n) is 16.6. The number of rotatable bonds is 9. The van der Waals surface area contributed by atoms with Crippen LogP contribution in [-0.4, -0.2) is 38.2 Å². The number of hydrogen-bond donors (Lipinski definition) is 2. The minimum atomic E-state index is -3.94. The third-order valence-electron chi connectivity index (χ3n) is 3.97. The highest BCUT2D eigenvalue weighted by molar-refractivity contribution is 7.91. The van der Waals surface area contributed by atoms with E-state index >= 15 is 0 Å². The number of amides is 1. The topological polar surface area (TPSA) is 120 Å². The second-order valence-corrected chi connectivity index (χ2v) is 9.38. The zero-order valence-corrected chi connectivity index (χ0v) is 19.0. The molecule has 0 unspecified atom stereocenters. The zero-order chi connectivity index (χ0) is 22.4. The summed E-state index contributed by atoms with van der Waals surface area (Å²) in [5.41, 5.74) is 0.913. The Morgan fingerprint density at radius 2 is 1.94 bits per heavy atom. The summed E-state index contributed by atoms with van der Waals surface area (Å²) < 4.78 is 38.0. The van der Waals surface area contributed by atoms with Gasteiger partial charge in [0.15, 0.2) is 11.5 Å². The average Bonchev–Trinajstić information content (AvgIpc) is 3.22. The van der Waals surface area contributed by atoms with Crippen LogP contribution in [0, 0.1) is 0 Å². The van der Waals surface area contributed by atoms with Gasteiger partial charge in [-0.3, -0.25) is 10.1 Å². The van der Waals surface area contributed by atoms with E-state index in [9.17, 15) is 13.2 Å². The van der Waals surface area contributed by atoms with Crippen LogP contribution < -0.4 is 19.5 Å². The first-order chi connectivity index (χ1) is 14.8. The molecule has 1 aromatic heterocycles. The number of benzene rings is 2. The van der Waals surface area contributed by atoms with Crippen molar-refractivity contribution in [1.29, 1.82) is 0 Å². The monoisotopic (exact) mass is 482 g/mol. The molecule has 0 aliphatic carbocycles. The molecule has 12 heteroatoms. The summed E-state index contributed by atoms with van der Waals surface area (Å²) in [6.45, 7) is 2.29. The number of sulfonamides is 1. The molecule has 3 rings (SSSR count). The lowest BCUT2D eigenvalue weighted by molar-refractivity contribution is 0.102. The number of carbonyl (C=O) groups is 1. The normalized spacial score (nSPS) is 11.2. The van der Waals surface area contributed by atoms with Crippen molar-refractivity contribution in [3.63, 3.8) is 0 Å². The molecule has 164 valence electrons. The van der Waals surface area contributed by atoms with Gasteiger partial charge >= 0.3 is 0 Å². The first-order valence-corrected chi connectivity index (χ1v) is 11.7. The smallest absolute Gasteiger partial charge is 0.270 e. The number of nitrogens with zero attached hydrogens (tertiary/aromatic N) is 2. The van der Waals surface area contributed by atoms with Gasteiger partial charge in [-0.1, -0.05) is 41.1 Å². The summed E-state index contributed by atoms with van der Waals surface area (Å²) >= 11 is 6.73. The number of nitrogens with one attached hydrogen (secondary N) is 2. The van der Waals surface area contributed by atoms with Crippen molar-refractivity contribution >= 4 is 44.0 Å². The fourth-order valence-electron chi connectivity index (χ4n) is 2.52. The second-order valence-electron chi connectivity index (χ2n) is 6.05. The van der Waals surface area contributed by atoms with Crippen molar-refractivity contribution in [2.75, 3.05) is 19.0 Å². The third-order valence-corrected chi connectivity index (χ3v) is 6.91. The Kier molecular flexibility index (Phi) is 7.44. The van der Waals surface area contributed by atoms with Crippen molar-refractivity contribution in [2.45, 2.75) is 17.8 Å².